The van der Waals surface area contributed by atoms with Gasteiger partial charge in [-0.1, -0.05) is 13.3 Å². The molecule has 0 unspecified atom stereocenters. The second kappa shape index (κ2) is 6.12. The zero-order valence-corrected chi connectivity index (χ0v) is 14.1. The van der Waals surface area contributed by atoms with Crippen LogP contribution in [0.5, 0.6) is 0 Å². The van der Waals surface area contributed by atoms with Gasteiger partial charge in [-0.15, -0.1) is 0 Å². The lowest BCUT2D eigenvalue weighted by atomic mass is 9.70. The Hall–Kier alpha value is -1.61. The minimum Gasteiger partial charge on any atom is -0.337 e. The van der Waals surface area contributed by atoms with Gasteiger partial charge in [0.15, 0.2) is 5.03 Å². The lowest BCUT2D eigenvalue weighted by Gasteiger charge is -2.39. The van der Waals surface area contributed by atoms with Crippen LogP contribution in [0.1, 0.15) is 26.2 Å². The second-order valence-corrected chi connectivity index (χ2v) is 8.54. The van der Waals surface area contributed by atoms with E-state index in [-0.39, 0.29) is 16.5 Å². The van der Waals surface area contributed by atoms with E-state index in [1.807, 2.05) is 0 Å². The molecule has 2 N–H and O–H groups in total. The fraction of sp³-hybridized carbons (Fsp3) is 0.714. The van der Waals surface area contributed by atoms with Gasteiger partial charge in [-0.05, 0) is 24.3 Å². The standard InChI is InChI=1S/C14H23N5O3S/c1-14(4-2-5-14)11-15-13(20)18-7-9-19(10-8-18)23(21,22)12-3-6-16-17-12/h3,6H,2,4-5,7-11H2,1H3,(H,15,20)(H,16,17). The molecule has 2 heterocycles. The van der Waals surface area contributed by atoms with Crippen molar-refractivity contribution in [3.63, 3.8) is 0 Å². The molecule has 1 aliphatic heterocycles. The fourth-order valence-corrected chi connectivity index (χ4v) is 4.34. The van der Waals surface area contributed by atoms with Crippen molar-refractivity contribution in [1.29, 1.82) is 0 Å². The van der Waals surface area contributed by atoms with Gasteiger partial charge < -0.3 is 10.2 Å². The molecule has 2 fully saturated rings. The van der Waals surface area contributed by atoms with Crippen LogP contribution in [0, 0.1) is 5.41 Å². The average molecular weight is 341 g/mol. The zero-order chi connectivity index (χ0) is 16.5. The normalized spacial score (nSPS) is 21.7. The summed E-state index contributed by atoms with van der Waals surface area (Å²) >= 11 is 0. The lowest BCUT2D eigenvalue weighted by molar-refractivity contribution is 0.139. The molecule has 23 heavy (non-hydrogen) atoms. The smallest absolute Gasteiger partial charge is 0.317 e. The van der Waals surface area contributed by atoms with Gasteiger partial charge in [0.1, 0.15) is 0 Å². The van der Waals surface area contributed by atoms with Crippen LogP contribution in [-0.2, 0) is 10.0 Å². The van der Waals surface area contributed by atoms with Gasteiger partial charge in [0, 0.05) is 32.7 Å². The molecule has 0 bridgehead atoms. The molecule has 0 atom stereocenters. The number of amides is 2. The average Bonchev–Trinajstić information content (AvgIpc) is 3.06. The summed E-state index contributed by atoms with van der Waals surface area (Å²) in [6.07, 6.45) is 4.96. The van der Waals surface area contributed by atoms with Crippen LogP contribution >= 0.6 is 0 Å². The Morgan fingerprint density at radius 1 is 1.35 bits per heavy atom. The van der Waals surface area contributed by atoms with E-state index in [4.69, 9.17) is 0 Å². The summed E-state index contributed by atoms with van der Waals surface area (Å²) in [4.78, 5) is 13.9. The first kappa shape index (κ1) is 16.3. The Morgan fingerprint density at radius 2 is 2.04 bits per heavy atom. The number of urea groups is 1. The van der Waals surface area contributed by atoms with Gasteiger partial charge in [-0.3, -0.25) is 5.10 Å². The molecule has 1 aromatic rings. The fourth-order valence-electron chi connectivity index (χ4n) is 3.02. The highest BCUT2D eigenvalue weighted by Gasteiger charge is 2.34. The van der Waals surface area contributed by atoms with E-state index in [2.05, 4.69) is 22.4 Å². The molecule has 2 amide bonds. The van der Waals surface area contributed by atoms with E-state index >= 15 is 0 Å². The number of hydrogen-bond acceptors (Lipinski definition) is 4. The van der Waals surface area contributed by atoms with Gasteiger partial charge in [0.2, 0.25) is 0 Å². The third-order valence-electron chi connectivity index (χ3n) is 4.85. The highest BCUT2D eigenvalue weighted by atomic mass is 32.2. The number of nitrogens with one attached hydrogen (secondary N) is 2. The highest BCUT2D eigenvalue weighted by molar-refractivity contribution is 7.89. The van der Waals surface area contributed by atoms with Gasteiger partial charge >= 0.3 is 6.03 Å². The first-order chi connectivity index (χ1) is 10.9. The topological polar surface area (TPSA) is 98.4 Å². The van der Waals surface area contributed by atoms with Crippen LogP contribution in [0.2, 0.25) is 0 Å². The number of piperazine rings is 1. The SMILES string of the molecule is CC1(CNC(=O)N2CCN(S(=O)(=O)c3ccn[nH]3)CC2)CCC1. The van der Waals surface area contributed by atoms with Crippen molar-refractivity contribution < 1.29 is 13.2 Å². The predicted molar refractivity (Wildman–Crippen MR) is 84.3 cm³/mol. The van der Waals surface area contributed by atoms with Crippen LogP contribution in [0.3, 0.4) is 0 Å². The minimum atomic E-state index is -3.54. The molecule has 1 aliphatic carbocycles. The third-order valence-corrected chi connectivity index (χ3v) is 6.67. The molecule has 3 rings (SSSR count). The van der Waals surface area contributed by atoms with Crippen molar-refractivity contribution in [3.05, 3.63) is 12.3 Å². The van der Waals surface area contributed by atoms with Crippen LogP contribution in [0.15, 0.2) is 17.3 Å². The van der Waals surface area contributed by atoms with Crippen LogP contribution in [-0.4, -0.2) is 66.6 Å². The van der Waals surface area contributed by atoms with Crippen LogP contribution in [0.25, 0.3) is 0 Å². The van der Waals surface area contributed by atoms with Gasteiger partial charge in [0.05, 0.1) is 6.20 Å². The number of H-pyrrole nitrogens is 1. The molecule has 0 spiro atoms. The van der Waals surface area contributed by atoms with Crippen molar-refractivity contribution in [2.24, 2.45) is 5.41 Å². The molecule has 0 aromatic carbocycles. The Labute approximate surface area is 136 Å². The molecule has 128 valence electrons. The number of carbonyl (C=O) groups excluding carboxylic acids is 1. The number of aromatic amines is 1. The maximum Gasteiger partial charge on any atom is 0.317 e. The Morgan fingerprint density at radius 3 is 2.57 bits per heavy atom. The first-order valence-electron chi connectivity index (χ1n) is 7.93. The summed E-state index contributed by atoms with van der Waals surface area (Å²) in [5, 5.41) is 9.24. The number of aromatic nitrogens is 2. The van der Waals surface area contributed by atoms with Crippen LogP contribution < -0.4 is 5.32 Å². The molecule has 8 nitrogen and oxygen atoms in total. The number of hydrogen-bond donors (Lipinski definition) is 2. The minimum absolute atomic E-state index is 0.0910. The summed E-state index contributed by atoms with van der Waals surface area (Å²) in [6.45, 7) is 4.27. The van der Waals surface area contributed by atoms with Gasteiger partial charge in [0.25, 0.3) is 10.0 Å². The number of carbonyl (C=O) groups is 1. The molecule has 0 radical (unpaired) electrons. The number of nitrogens with zero attached hydrogens (tertiary/aromatic N) is 3. The van der Waals surface area contributed by atoms with Crippen LogP contribution in [0.4, 0.5) is 4.79 Å². The predicted octanol–water partition coefficient (Wildman–Crippen LogP) is 0.616. The molecular weight excluding hydrogens is 318 g/mol. The molecule has 9 heteroatoms. The zero-order valence-electron chi connectivity index (χ0n) is 13.3. The van der Waals surface area contributed by atoms with Crippen molar-refractivity contribution >= 4 is 16.1 Å². The van der Waals surface area contributed by atoms with Crippen molar-refractivity contribution in [3.8, 4) is 0 Å². The molecular formula is C14H23N5O3S. The van der Waals surface area contributed by atoms with E-state index in [0.717, 1.165) is 12.8 Å². The quantitative estimate of drug-likeness (QED) is 0.838. The summed E-state index contributed by atoms with van der Waals surface area (Å²) < 4.78 is 26.1. The van der Waals surface area contributed by atoms with E-state index < -0.39 is 10.0 Å². The highest BCUT2D eigenvalue weighted by Crippen LogP contribution is 2.39. The molecule has 1 saturated heterocycles. The van der Waals surface area contributed by atoms with E-state index in [1.165, 1.54) is 23.0 Å². The van der Waals surface area contributed by atoms with Gasteiger partial charge in [-0.2, -0.15) is 9.40 Å². The molecule has 2 aliphatic rings. The number of sulfonamides is 1. The summed E-state index contributed by atoms with van der Waals surface area (Å²) in [7, 11) is -3.54. The Bertz CT molecular complexity index is 646. The molecule has 1 saturated carbocycles. The first-order valence-corrected chi connectivity index (χ1v) is 9.37. The van der Waals surface area contributed by atoms with Crippen molar-refractivity contribution in [2.45, 2.75) is 31.2 Å². The molecule has 1 aromatic heterocycles. The van der Waals surface area contributed by atoms with Crippen molar-refractivity contribution in [1.82, 2.24) is 24.7 Å². The third kappa shape index (κ3) is 3.35. The van der Waals surface area contributed by atoms with E-state index in [1.54, 1.807) is 4.90 Å². The summed E-state index contributed by atoms with van der Waals surface area (Å²) in [6, 6.07) is 1.34. The Kier molecular flexibility index (Phi) is 4.33. The summed E-state index contributed by atoms with van der Waals surface area (Å²) in [5.41, 5.74) is 0.238. The number of rotatable bonds is 4. The Balaban J connectivity index is 1.51. The maximum absolute atomic E-state index is 12.4. The van der Waals surface area contributed by atoms with E-state index in [0.29, 0.717) is 32.7 Å². The monoisotopic (exact) mass is 341 g/mol. The van der Waals surface area contributed by atoms with Crippen molar-refractivity contribution in [2.75, 3.05) is 32.7 Å². The maximum atomic E-state index is 12.4. The van der Waals surface area contributed by atoms with E-state index in [9.17, 15) is 13.2 Å². The largest absolute Gasteiger partial charge is 0.337 e. The summed E-state index contributed by atoms with van der Waals surface area (Å²) in [5.74, 6) is 0. The lowest BCUT2D eigenvalue weighted by Crippen LogP contribution is -2.54. The second-order valence-electron chi connectivity index (χ2n) is 6.63. The van der Waals surface area contributed by atoms with Gasteiger partial charge in [-0.25, -0.2) is 13.2 Å².